The van der Waals surface area contributed by atoms with Crippen LogP contribution in [0.5, 0.6) is 0 Å². The van der Waals surface area contributed by atoms with E-state index < -0.39 is 12.0 Å². The van der Waals surface area contributed by atoms with Gasteiger partial charge in [-0.05, 0) is 12.8 Å². The first-order valence-electron chi connectivity index (χ1n) is 5.31. The molecule has 92 valence electrons. The van der Waals surface area contributed by atoms with Gasteiger partial charge in [0.25, 0.3) is 0 Å². The Morgan fingerprint density at radius 2 is 2.12 bits per heavy atom. The van der Waals surface area contributed by atoms with Crippen LogP contribution in [0.3, 0.4) is 0 Å². The van der Waals surface area contributed by atoms with Crippen LogP contribution in [-0.4, -0.2) is 36.0 Å². The molecule has 0 aromatic carbocycles. The van der Waals surface area contributed by atoms with Gasteiger partial charge in [-0.25, -0.2) is 4.79 Å². The molecule has 1 unspecified atom stereocenters. The number of hydrogen-bond acceptors (Lipinski definition) is 3. The predicted octanol–water partition coefficient (Wildman–Crippen LogP) is -0.118. The van der Waals surface area contributed by atoms with Crippen LogP contribution in [0.25, 0.3) is 0 Å². The van der Waals surface area contributed by atoms with Gasteiger partial charge < -0.3 is 15.7 Å². The van der Waals surface area contributed by atoms with Crippen molar-refractivity contribution in [3.05, 3.63) is 0 Å². The molecule has 3 N–H and O–H groups in total. The van der Waals surface area contributed by atoms with E-state index in [1.54, 1.807) is 0 Å². The molecule has 0 heterocycles. The summed E-state index contributed by atoms with van der Waals surface area (Å²) in [6.07, 6.45) is 2.42. The fourth-order valence-corrected chi connectivity index (χ4v) is 1.13. The zero-order chi connectivity index (χ0) is 12.4. The second-order valence-electron chi connectivity index (χ2n) is 3.42. The van der Waals surface area contributed by atoms with Gasteiger partial charge in [0.1, 0.15) is 6.04 Å². The first kappa shape index (κ1) is 14.4. The van der Waals surface area contributed by atoms with Crippen molar-refractivity contribution in [3.8, 4) is 0 Å². The number of carboxylic acids is 1. The van der Waals surface area contributed by atoms with Crippen LogP contribution in [-0.2, 0) is 14.4 Å². The molecule has 0 aliphatic heterocycles. The van der Waals surface area contributed by atoms with E-state index in [4.69, 9.17) is 5.11 Å². The van der Waals surface area contributed by atoms with Gasteiger partial charge in [-0.3, -0.25) is 9.59 Å². The number of rotatable bonds is 9. The lowest BCUT2D eigenvalue weighted by atomic mass is 10.1. The summed E-state index contributed by atoms with van der Waals surface area (Å²) in [6, 6.07) is -0.991. The molecular weight excluding hydrogens is 212 g/mol. The van der Waals surface area contributed by atoms with Gasteiger partial charge in [0.05, 0.1) is 0 Å². The maximum absolute atomic E-state index is 11.2. The third-order valence-corrected chi connectivity index (χ3v) is 2.08. The largest absolute Gasteiger partial charge is 0.480 e. The van der Waals surface area contributed by atoms with Gasteiger partial charge in [-0.1, -0.05) is 13.3 Å². The number of amides is 2. The van der Waals surface area contributed by atoms with Crippen LogP contribution >= 0.6 is 0 Å². The molecule has 0 radical (unpaired) electrons. The minimum Gasteiger partial charge on any atom is -0.480 e. The lowest BCUT2D eigenvalue weighted by molar-refractivity contribution is -0.140. The van der Waals surface area contributed by atoms with Crippen LogP contribution < -0.4 is 10.6 Å². The molecular formula is C10H18N2O4. The monoisotopic (exact) mass is 230 g/mol. The van der Waals surface area contributed by atoms with Crippen LogP contribution in [0.4, 0.5) is 0 Å². The molecule has 0 fully saturated rings. The lowest BCUT2D eigenvalue weighted by Gasteiger charge is -2.10. The van der Waals surface area contributed by atoms with Crippen molar-refractivity contribution in [3.63, 3.8) is 0 Å². The van der Waals surface area contributed by atoms with Gasteiger partial charge in [0, 0.05) is 13.0 Å². The van der Waals surface area contributed by atoms with Crippen LogP contribution in [0.1, 0.15) is 32.6 Å². The standard InChI is InChI=1S/C10H18N2O4/c1-2-3-6-11-9(14)5-4-8(10(15)16)12-7-13/h7-8H,2-6H2,1H3,(H,11,14)(H,12,13)(H,15,16). The minimum absolute atomic E-state index is 0.0987. The van der Waals surface area contributed by atoms with Crippen LogP contribution in [0, 0.1) is 0 Å². The van der Waals surface area contributed by atoms with E-state index in [0.29, 0.717) is 13.0 Å². The summed E-state index contributed by atoms with van der Waals surface area (Å²) in [6.45, 7) is 2.62. The summed E-state index contributed by atoms with van der Waals surface area (Å²) in [7, 11) is 0. The van der Waals surface area contributed by atoms with Gasteiger partial charge in [-0.15, -0.1) is 0 Å². The molecule has 6 heteroatoms. The zero-order valence-corrected chi connectivity index (χ0v) is 9.36. The van der Waals surface area contributed by atoms with E-state index >= 15 is 0 Å². The molecule has 16 heavy (non-hydrogen) atoms. The second kappa shape index (κ2) is 8.70. The Morgan fingerprint density at radius 3 is 2.62 bits per heavy atom. The maximum atomic E-state index is 11.2. The molecule has 0 saturated carbocycles. The first-order chi connectivity index (χ1) is 7.61. The fourth-order valence-electron chi connectivity index (χ4n) is 1.13. The van der Waals surface area contributed by atoms with Gasteiger partial charge in [0.2, 0.25) is 12.3 Å². The van der Waals surface area contributed by atoms with E-state index in [-0.39, 0.29) is 18.7 Å². The molecule has 0 aliphatic carbocycles. The number of aliphatic carboxylic acids is 1. The van der Waals surface area contributed by atoms with Crippen molar-refractivity contribution in [2.45, 2.75) is 38.6 Å². The Hall–Kier alpha value is -1.59. The number of carbonyl (C=O) groups excluding carboxylic acids is 2. The number of carboxylic acid groups (broad SMARTS) is 1. The average Bonchev–Trinajstić information content (AvgIpc) is 2.24. The first-order valence-corrected chi connectivity index (χ1v) is 5.31. The van der Waals surface area contributed by atoms with Crippen molar-refractivity contribution in [2.24, 2.45) is 0 Å². The molecule has 0 spiro atoms. The maximum Gasteiger partial charge on any atom is 0.326 e. The predicted molar refractivity (Wildman–Crippen MR) is 57.8 cm³/mol. The fraction of sp³-hybridized carbons (Fsp3) is 0.700. The van der Waals surface area contributed by atoms with Crippen LogP contribution in [0.2, 0.25) is 0 Å². The number of nitrogens with one attached hydrogen (secondary N) is 2. The van der Waals surface area contributed by atoms with E-state index in [1.807, 2.05) is 6.92 Å². The van der Waals surface area contributed by atoms with Crippen molar-refractivity contribution in [2.75, 3.05) is 6.54 Å². The molecule has 6 nitrogen and oxygen atoms in total. The molecule has 0 aliphatic rings. The highest BCUT2D eigenvalue weighted by atomic mass is 16.4. The van der Waals surface area contributed by atoms with Gasteiger partial charge in [-0.2, -0.15) is 0 Å². The van der Waals surface area contributed by atoms with E-state index in [1.165, 1.54) is 0 Å². The molecule has 1 atom stereocenters. The van der Waals surface area contributed by atoms with Gasteiger partial charge in [0.15, 0.2) is 0 Å². The topological polar surface area (TPSA) is 95.5 Å². The quantitative estimate of drug-likeness (QED) is 0.380. The normalized spacial score (nSPS) is 11.6. The highest BCUT2D eigenvalue weighted by Gasteiger charge is 2.17. The molecule has 0 bridgehead atoms. The summed E-state index contributed by atoms with van der Waals surface area (Å²) in [4.78, 5) is 31.9. The van der Waals surface area contributed by atoms with Gasteiger partial charge >= 0.3 is 5.97 Å². The Morgan fingerprint density at radius 1 is 1.44 bits per heavy atom. The van der Waals surface area contributed by atoms with E-state index in [2.05, 4.69) is 10.6 Å². The lowest BCUT2D eigenvalue weighted by Crippen LogP contribution is -2.37. The SMILES string of the molecule is CCCCNC(=O)CCC(NC=O)C(=O)O. The molecule has 0 aromatic heterocycles. The summed E-state index contributed by atoms with van der Waals surface area (Å²) < 4.78 is 0. The molecule has 0 aromatic rings. The third kappa shape index (κ3) is 6.80. The Bertz CT molecular complexity index is 243. The van der Waals surface area contributed by atoms with E-state index in [0.717, 1.165) is 12.8 Å². The minimum atomic E-state index is -1.13. The molecule has 0 saturated heterocycles. The van der Waals surface area contributed by atoms with Crippen LogP contribution in [0.15, 0.2) is 0 Å². The second-order valence-corrected chi connectivity index (χ2v) is 3.42. The highest BCUT2D eigenvalue weighted by molar-refractivity contribution is 5.79. The van der Waals surface area contributed by atoms with Crippen molar-refractivity contribution in [1.29, 1.82) is 0 Å². The van der Waals surface area contributed by atoms with Crippen molar-refractivity contribution < 1.29 is 19.5 Å². The zero-order valence-electron chi connectivity index (χ0n) is 9.36. The number of unbranched alkanes of at least 4 members (excludes halogenated alkanes) is 1. The summed E-state index contributed by atoms with van der Waals surface area (Å²) in [5.74, 6) is -1.32. The number of hydrogen-bond donors (Lipinski definition) is 3. The van der Waals surface area contributed by atoms with E-state index in [9.17, 15) is 14.4 Å². The summed E-state index contributed by atoms with van der Waals surface area (Å²) in [5.41, 5.74) is 0. The smallest absolute Gasteiger partial charge is 0.326 e. The molecule has 0 rings (SSSR count). The Labute approximate surface area is 94.4 Å². The molecule has 2 amide bonds. The third-order valence-electron chi connectivity index (χ3n) is 2.08. The van der Waals surface area contributed by atoms with Crippen molar-refractivity contribution in [1.82, 2.24) is 10.6 Å². The number of carbonyl (C=O) groups is 3. The van der Waals surface area contributed by atoms with Crippen molar-refractivity contribution >= 4 is 18.3 Å². The Balaban J connectivity index is 3.78. The summed E-state index contributed by atoms with van der Waals surface area (Å²) in [5, 5.41) is 13.5. The highest BCUT2D eigenvalue weighted by Crippen LogP contribution is 1.97. The summed E-state index contributed by atoms with van der Waals surface area (Å²) >= 11 is 0. The Kier molecular flexibility index (Phi) is 7.83. The average molecular weight is 230 g/mol.